The Kier molecular flexibility index (Phi) is 10.0. The second-order valence-corrected chi connectivity index (χ2v) is 8.78. The normalized spacial score (nSPS) is 11.6. The summed E-state index contributed by atoms with van der Waals surface area (Å²) in [6.45, 7) is 4.65. The molecule has 3 aromatic carbocycles. The molecule has 0 heterocycles. The molecule has 0 fully saturated rings. The number of hydrogen-bond acceptors (Lipinski definition) is 2. The first-order valence-electron chi connectivity index (χ1n) is 12.4. The minimum absolute atomic E-state index is 0.0390. The summed E-state index contributed by atoms with van der Waals surface area (Å²) in [6, 6.07) is 23.6. The van der Waals surface area contributed by atoms with Crippen LogP contribution < -0.4 is 5.32 Å². The second kappa shape index (κ2) is 13.4. The van der Waals surface area contributed by atoms with E-state index in [1.807, 2.05) is 49.4 Å². The van der Waals surface area contributed by atoms with E-state index < -0.39 is 6.04 Å². The Bertz CT molecular complexity index is 1080. The molecule has 1 N–H and O–H groups in total. The molecule has 3 aromatic rings. The molecule has 184 valence electrons. The Hall–Kier alpha value is -3.47. The molecule has 0 bridgehead atoms. The number of nitrogens with zero attached hydrogens (tertiary/aromatic N) is 1. The van der Waals surface area contributed by atoms with Crippen LogP contribution in [-0.2, 0) is 35.4 Å². The molecule has 3 rings (SSSR count). The van der Waals surface area contributed by atoms with Gasteiger partial charge in [-0.2, -0.15) is 0 Å². The topological polar surface area (TPSA) is 49.4 Å². The minimum Gasteiger partial charge on any atom is -0.354 e. The van der Waals surface area contributed by atoms with Crippen LogP contribution in [0.5, 0.6) is 0 Å². The van der Waals surface area contributed by atoms with Gasteiger partial charge in [0, 0.05) is 31.5 Å². The monoisotopic (exact) mass is 474 g/mol. The number of carbonyl (C=O) groups excluding carboxylic acids is 2. The van der Waals surface area contributed by atoms with Crippen molar-refractivity contribution in [3.63, 3.8) is 0 Å². The van der Waals surface area contributed by atoms with Crippen LogP contribution in [0.2, 0.25) is 0 Å². The predicted molar refractivity (Wildman–Crippen MR) is 138 cm³/mol. The maximum absolute atomic E-state index is 14.6. The summed E-state index contributed by atoms with van der Waals surface area (Å²) < 4.78 is 14.6. The van der Waals surface area contributed by atoms with E-state index in [2.05, 4.69) is 24.4 Å². The van der Waals surface area contributed by atoms with Gasteiger partial charge < -0.3 is 10.2 Å². The molecule has 0 aromatic heterocycles. The molecule has 1 atom stereocenters. The highest BCUT2D eigenvalue weighted by atomic mass is 19.1. The second-order valence-electron chi connectivity index (χ2n) is 8.78. The van der Waals surface area contributed by atoms with Crippen LogP contribution >= 0.6 is 0 Å². The summed E-state index contributed by atoms with van der Waals surface area (Å²) in [5.74, 6) is -0.763. The lowest BCUT2D eigenvalue weighted by molar-refractivity contribution is -0.141. The predicted octanol–water partition coefficient (Wildman–Crippen LogP) is 5.49. The molecule has 0 radical (unpaired) electrons. The van der Waals surface area contributed by atoms with Gasteiger partial charge in [-0.3, -0.25) is 9.59 Å². The Labute approximate surface area is 208 Å². The number of nitrogens with one attached hydrogen (secondary N) is 1. The highest BCUT2D eigenvalue weighted by Gasteiger charge is 2.30. The van der Waals surface area contributed by atoms with E-state index in [0.717, 1.165) is 24.0 Å². The smallest absolute Gasteiger partial charge is 0.243 e. The molecule has 0 aliphatic carbocycles. The van der Waals surface area contributed by atoms with Crippen molar-refractivity contribution >= 4 is 11.8 Å². The van der Waals surface area contributed by atoms with Crippen molar-refractivity contribution in [2.24, 2.45) is 0 Å². The van der Waals surface area contributed by atoms with Crippen molar-refractivity contribution in [2.75, 3.05) is 6.54 Å². The fourth-order valence-corrected chi connectivity index (χ4v) is 4.07. The van der Waals surface area contributed by atoms with Gasteiger partial charge in [-0.15, -0.1) is 0 Å². The van der Waals surface area contributed by atoms with Crippen LogP contribution in [0.4, 0.5) is 4.39 Å². The molecule has 5 heteroatoms. The number of halogens is 1. The summed E-state index contributed by atoms with van der Waals surface area (Å²) in [7, 11) is 0. The highest BCUT2D eigenvalue weighted by molar-refractivity contribution is 5.88. The fourth-order valence-electron chi connectivity index (χ4n) is 4.07. The van der Waals surface area contributed by atoms with Crippen LogP contribution in [0.25, 0.3) is 0 Å². The van der Waals surface area contributed by atoms with Crippen LogP contribution in [-0.4, -0.2) is 29.3 Å². The number of carbonyl (C=O) groups is 2. The first-order chi connectivity index (χ1) is 17.0. The van der Waals surface area contributed by atoms with E-state index in [1.165, 1.54) is 11.6 Å². The summed E-state index contributed by atoms with van der Waals surface area (Å²) in [6.07, 6.45) is 2.92. The zero-order chi connectivity index (χ0) is 25.0. The molecule has 0 aliphatic rings. The van der Waals surface area contributed by atoms with Gasteiger partial charge in [-0.1, -0.05) is 86.6 Å². The molecular formula is C30H35FN2O2. The Morgan fingerprint density at radius 1 is 0.857 bits per heavy atom. The van der Waals surface area contributed by atoms with Gasteiger partial charge in [0.05, 0.1) is 0 Å². The standard InChI is InChI=1S/C30H35FN2O2/c1-3-20-32-30(35)28(21-25-10-6-5-7-11-25)33(22-26-12-8-9-13-27(26)31)29(34)19-18-24-16-14-23(4-2)15-17-24/h5-17,28H,3-4,18-22H2,1-2H3,(H,32,35)/t28-/m1/s1. The third-order valence-corrected chi connectivity index (χ3v) is 6.18. The van der Waals surface area contributed by atoms with Gasteiger partial charge in [-0.05, 0) is 42.0 Å². The van der Waals surface area contributed by atoms with Crippen molar-refractivity contribution < 1.29 is 14.0 Å². The molecular weight excluding hydrogens is 439 g/mol. The summed E-state index contributed by atoms with van der Waals surface area (Å²) in [5.41, 5.74) is 3.66. The Morgan fingerprint density at radius 2 is 1.51 bits per heavy atom. The average Bonchev–Trinajstić information content (AvgIpc) is 2.89. The third kappa shape index (κ3) is 7.78. The minimum atomic E-state index is -0.737. The van der Waals surface area contributed by atoms with Crippen molar-refractivity contribution in [3.05, 3.63) is 107 Å². The summed E-state index contributed by atoms with van der Waals surface area (Å²) in [4.78, 5) is 28.4. The maximum atomic E-state index is 14.6. The highest BCUT2D eigenvalue weighted by Crippen LogP contribution is 2.19. The van der Waals surface area contributed by atoms with Gasteiger partial charge in [0.25, 0.3) is 0 Å². The van der Waals surface area contributed by atoms with Gasteiger partial charge in [0.1, 0.15) is 11.9 Å². The van der Waals surface area contributed by atoms with Gasteiger partial charge >= 0.3 is 0 Å². The third-order valence-electron chi connectivity index (χ3n) is 6.18. The summed E-state index contributed by atoms with van der Waals surface area (Å²) in [5, 5.41) is 2.95. The zero-order valence-electron chi connectivity index (χ0n) is 20.7. The molecule has 2 amide bonds. The lowest BCUT2D eigenvalue weighted by Crippen LogP contribution is -2.50. The lowest BCUT2D eigenvalue weighted by atomic mass is 10.0. The number of hydrogen-bond donors (Lipinski definition) is 1. The molecule has 0 saturated carbocycles. The van der Waals surface area contributed by atoms with Crippen LogP contribution in [0.15, 0.2) is 78.9 Å². The van der Waals surface area contributed by atoms with E-state index in [9.17, 15) is 14.0 Å². The van der Waals surface area contributed by atoms with Crippen molar-refractivity contribution in [1.29, 1.82) is 0 Å². The number of amides is 2. The quantitative estimate of drug-likeness (QED) is 0.378. The molecule has 4 nitrogen and oxygen atoms in total. The molecule has 0 spiro atoms. The first-order valence-corrected chi connectivity index (χ1v) is 12.4. The van der Waals surface area contributed by atoms with Gasteiger partial charge in [0.15, 0.2) is 0 Å². The average molecular weight is 475 g/mol. The Balaban J connectivity index is 1.88. The number of aryl methyl sites for hydroxylation is 2. The Morgan fingerprint density at radius 3 is 2.17 bits per heavy atom. The van der Waals surface area contributed by atoms with Crippen molar-refractivity contribution in [3.8, 4) is 0 Å². The van der Waals surface area contributed by atoms with Crippen LogP contribution in [0, 0.1) is 5.82 Å². The summed E-state index contributed by atoms with van der Waals surface area (Å²) >= 11 is 0. The van der Waals surface area contributed by atoms with Crippen LogP contribution in [0.3, 0.4) is 0 Å². The largest absolute Gasteiger partial charge is 0.354 e. The number of rotatable bonds is 12. The van der Waals surface area contributed by atoms with Gasteiger partial charge in [0.2, 0.25) is 11.8 Å². The molecule has 0 saturated heterocycles. The molecule has 0 unspecified atom stereocenters. The molecule has 0 aliphatic heterocycles. The zero-order valence-corrected chi connectivity index (χ0v) is 20.7. The van der Waals surface area contributed by atoms with E-state index >= 15 is 0 Å². The first kappa shape index (κ1) is 26.1. The fraction of sp³-hybridized carbons (Fsp3) is 0.333. The molecule has 35 heavy (non-hydrogen) atoms. The van der Waals surface area contributed by atoms with E-state index in [0.29, 0.717) is 24.9 Å². The van der Waals surface area contributed by atoms with E-state index in [4.69, 9.17) is 0 Å². The van der Waals surface area contributed by atoms with Crippen molar-refractivity contribution in [2.45, 2.75) is 58.5 Å². The van der Waals surface area contributed by atoms with E-state index in [-0.39, 0.29) is 30.6 Å². The van der Waals surface area contributed by atoms with Crippen LogP contribution in [0.1, 0.15) is 48.9 Å². The SMILES string of the molecule is CCCNC(=O)[C@@H](Cc1ccccc1)N(Cc1ccccc1F)C(=O)CCc1ccc(CC)cc1. The van der Waals surface area contributed by atoms with Gasteiger partial charge in [-0.25, -0.2) is 4.39 Å². The maximum Gasteiger partial charge on any atom is 0.243 e. The lowest BCUT2D eigenvalue weighted by Gasteiger charge is -2.32. The number of benzene rings is 3. The van der Waals surface area contributed by atoms with E-state index in [1.54, 1.807) is 23.1 Å². The van der Waals surface area contributed by atoms with Crippen molar-refractivity contribution in [1.82, 2.24) is 10.2 Å².